The Labute approximate surface area is 114 Å². The van der Waals surface area contributed by atoms with E-state index >= 15 is 0 Å². The van der Waals surface area contributed by atoms with E-state index in [1.807, 2.05) is 4.90 Å². The van der Waals surface area contributed by atoms with Crippen LogP contribution in [0.5, 0.6) is 0 Å². The highest BCUT2D eigenvalue weighted by atomic mass is 16.4. The summed E-state index contributed by atoms with van der Waals surface area (Å²) in [5.41, 5.74) is 0. The van der Waals surface area contributed by atoms with Crippen molar-refractivity contribution in [3.8, 4) is 0 Å². The number of nitrogens with zero attached hydrogens (tertiary/aromatic N) is 2. The lowest BCUT2D eigenvalue weighted by Crippen LogP contribution is -2.53. The summed E-state index contributed by atoms with van der Waals surface area (Å²) >= 11 is 0. The van der Waals surface area contributed by atoms with Crippen molar-refractivity contribution in [3.63, 3.8) is 0 Å². The number of carboxylic acid groups (broad SMARTS) is 1. The third-order valence-electron chi connectivity index (χ3n) is 4.37. The summed E-state index contributed by atoms with van der Waals surface area (Å²) in [7, 11) is 0. The van der Waals surface area contributed by atoms with E-state index in [1.165, 1.54) is 0 Å². The van der Waals surface area contributed by atoms with Crippen LogP contribution in [0.15, 0.2) is 0 Å². The monoisotopic (exact) mass is 268 g/mol. The number of carbonyl (C=O) groups excluding carboxylic acids is 1. The molecular weight excluding hydrogens is 244 g/mol. The van der Waals surface area contributed by atoms with Gasteiger partial charge in [0, 0.05) is 18.6 Å². The predicted molar refractivity (Wildman–Crippen MR) is 72.0 cm³/mol. The third-order valence-corrected chi connectivity index (χ3v) is 4.37. The minimum absolute atomic E-state index is 0.0681. The van der Waals surface area contributed by atoms with E-state index in [4.69, 9.17) is 5.11 Å². The molecule has 108 valence electrons. The van der Waals surface area contributed by atoms with E-state index < -0.39 is 5.97 Å². The number of hydrogen-bond donors (Lipinski definition) is 1. The van der Waals surface area contributed by atoms with E-state index in [1.54, 1.807) is 4.90 Å². The molecule has 1 N–H and O–H groups in total. The Morgan fingerprint density at radius 1 is 1.16 bits per heavy atom. The zero-order valence-corrected chi connectivity index (χ0v) is 11.7. The lowest BCUT2D eigenvalue weighted by Gasteiger charge is -2.39. The highest BCUT2D eigenvalue weighted by Gasteiger charge is 2.33. The van der Waals surface area contributed by atoms with Crippen molar-refractivity contribution in [1.29, 1.82) is 0 Å². The molecule has 0 spiro atoms. The average Bonchev–Trinajstić information content (AvgIpc) is 2.89. The molecule has 1 aliphatic carbocycles. The molecule has 1 heterocycles. The second-order valence-electron chi connectivity index (χ2n) is 5.78. The van der Waals surface area contributed by atoms with Crippen LogP contribution < -0.4 is 0 Å². The maximum absolute atomic E-state index is 12.6. The summed E-state index contributed by atoms with van der Waals surface area (Å²) in [4.78, 5) is 27.1. The van der Waals surface area contributed by atoms with Crippen LogP contribution >= 0.6 is 0 Å². The summed E-state index contributed by atoms with van der Waals surface area (Å²) in [5.74, 6) is -0.912. The fraction of sp³-hybridized carbons (Fsp3) is 0.857. The van der Waals surface area contributed by atoms with Crippen molar-refractivity contribution in [3.05, 3.63) is 0 Å². The molecule has 1 atom stereocenters. The second kappa shape index (κ2) is 6.26. The molecular formula is C14H24N2O3. The van der Waals surface area contributed by atoms with Gasteiger partial charge in [0.15, 0.2) is 0 Å². The molecule has 0 aromatic carbocycles. The maximum Gasteiger partial charge on any atom is 0.323 e. The van der Waals surface area contributed by atoms with E-state index in [0.717, 1.165) is 51.5 Å². The SMILES string of the molecule is CC1CCCCN1C(=O)N(CC(=O)O)C1CCCC1. The van der Waals surface area contributed by atoms with Crippen molar-refractivity contribution in [1.82, 2.24) is 9.80 Å². The summed E-state index contributed by atoms with van der Waals surface area (Å²) in [5, 5.41) is 9.04. The molecule has 1 aliphatic heterocycles. The van der Waals surface area contributed by atoms with Gasteiger partial charge in [-0.2, -0.15) is 0 Å². The van der Waals surface area contributed by atoms with Gasteiger partial charge in [0.2, 0.25) is 0 Å². The summed E-state index contributed by atoms with van der Waals surface area (Å²) in [6, 6.07) is 0.290. The zero-order valence-electron chi connectivity index (χ0n) is 11.7. The lowest BCUT2D eigenvalue weighted by atomic mass is 10.0. The minimum atomic E-state index is -0.912. The van der Waals surface area contributed by atoms with E-state index in [9.17, 15) is 9.59 Å². The first-order chi connectivity index (χ1) is 9.09. The number of hydrogen-bond acceptors (Lipinski definition) is 2. The highest BCUT2D eigenvalue weighted by molar-refractivity contribution is 5.80. The molecule has 2 aliphatic rings. The number of piperidine rings is 1. The second-order valence-corrected chi connectivity index (χ2v) is 5.78. The normalized spacial score (nSPS) is 24.5. The molecule has 0 aromatic heterocycles. The first kappa shape index (κ1) is 14.2. The Morgan fingerprint density at radius 2 is 1.79 bits per heavy atom. The molecule has 19 heavy (non-hydrogen) atoms. The number of carbonyl (C=O) groups is 2. The van der Waals surface area contributed by atoms with Gasteiger partial charge in [-0.3, -0.25) is 4.79 Å². The van der Waals surface area contributed by atoms with Crippen LogP contribution in [0.1, 0.15) is 51.9 Å². The zero-order chi connectivity index (χ0) is 13.8. The number of rotatable bonds is 3. The van der Waals surface area contributed by atoms with E-state index in [0.29, 0.717) is 0 Å². The lowest BCUT2D eigenvalue weighted by molar-refractivity contribution is -0.138. The van der Waals surface area contributed by atoms with Crippen molar-refractivity contribution >= 4 is 12.0 Å². The van der Waals surface area contributed by atoms with Gasteiger partial charge in [0.1, 0.15) is 6.54 Å². The topological polar surface area (TPSA) is 60.9 Å². The highest BCUT2D eigenvalue weighted by Crippen LogP contribution is 2.26. The van der Waals surface area contributed by atoms with E-state index in [-0.39, 0.29) is 24.7 Å². The smallest absolute Gasteiger partial charge is 0.323 e. The number of aliphatic carboxylic acids is 1. The van der Waals surface area contributed by atoms with Crippen LogP contribution in [0.25, 0.3) is 0 Å². The standard InChI is InChI=1S/C14H24N2O3/c1-11-6-4-5-9-15(11)14(19)16(10-13(17)18)12-7-2-3-8-12/h11-12H,2-10H2,1H3,(H,17,18). The molecule has 2 fully saturated rings. The van der Waals surface area contributed by atoms with Crippen molar-refractivity contribution in [2.75, 3.05) is 13.1 Å². The minimum Gasteiger partial charge on any atom is -0.480 e. The van der Waals surface area contributed by atoms with Crippen LogP contribution in [0.3, 0.4) is 0 Å². The van der Waals surface area contributed by atoms with Gasteiger partial charge in [-0.15, -0.1) is 0 Å². The fourth-order valence-corrected chi connectivity index (χ4v) is 3.26. The summed E-state index contributed by atoms with van der Waals surface area (Å²) in [6.45, 7) is 2.67. The van der Waals surface area contributed by atoms with Gasteiger partial charge in [-0.25, -0.2) is 4.79 Å². The molecule has 2 amide bonds. The summed E-state index contributed by atoms with van der Waals surface area (Å²) < 4.78 is 0. The van der Waals surface area contributed by atoms with Gasteiger partial charge in [-0.1, -0.05) is 12.8 Å². The first-order valence-corrected chi connectivity index (χ1v) is 7.38. The van der Waals surface area contributed by atoms with E-state index in [2.05, 4.69) is 6.92 Å². The van der Waals surface area contributed by atoms with Gasteiger partial charge < -0.3 is 14.9 Å². The van der Waals surface area contributed by atoms with Crippen molar-refractivity contribution < 1.29 is 14.7 Å². The van der Waals surface area contributed by atoms with Crippen molar-refractivity contribution in [2.24, 2.45) is 0 Å². The molecule has 2 rings (SSSR count). The quantitative estimate of drug-likeness (QED) is 0.854. The molecule has 1 saturated carbocycles. The molecule has 0 aromatic rings. The van der Waals surface area contributed by atoms with Gasteiger partial charge >= 0.3 is 12.0 Å². The predicted octanol–water partition coefficient (Wildman–Crippen LogP) is 2.31. The average molecular weight is 268 g/mol. The van der Waals surface area contributed by atoms with Crippen LogP contribution in [0, 0.1) is 0 Å². The molecule has 5 nitrogen and oxygen atoms in total. The Morgan fingerprint density at radius 3 is 2.37 bits per heavy atom. The third kappa shape index (κ3) is 3.39. The Hall–Kier alpha value is -1.26. The Bertz CT molecular complexity index is 340. The van der Waals surface area contributed by atoms with Crippen LogP contribution in [-0.4, -0.2) is 52.1 Å². The van der Waals surface area contributed by atoms with Gasteiger partial charge in [-0.05, 0) is 39.0 Å². The number of amides is 2. The molecule has 0 bridgehead atoms. The van der Waals surface area contributed by atoms with Crippen LogP contribution in [0.4, 0.5) is 4.79 Å². The number of carboxylic acids is 1. The fourth-order valence-electron chi connectivity index (χ4n) is 3.26. The molecule has 1 saturated heterocycles. The molecule has 5 heteroatoms. The van der Waals surface area contributed by atoms with Gasteiger partial charge in [0.05, 0.1) is 0 Å². The Balaban J connectivity index is 2.07. The Kier molecular flexibility index (Phi) is 4.66. The van der Waals surface area contributed by atoms with Gasteiger partial charge in [0.25, 0.3) is 0 Å². The van der Waals surface area contributed by atoms with Crippen LogP contribution in [-0.2, 0) is 4.79 Å². The molecule has 0 radical (unpaired) electrons. The summed E-state index contributed by atoms with van der Waals surface area (Å²) in [6.07, 6.45) is 7.31. The number of urea groups is 1. The van der Waals surface area contributed by atoms with Crippen molar-refractivity contribution in [2.45, 2.75) is 64.0 Å². The maximum atomic E-state index is 12.6. The largest absolute Gasteiger partial charge is 0.480 e. The number of likely N-dealkylation sites (tertiary alicyclic amines) is 1. The first-order valence-electron chi connectivity index (χ1n) is 7.38. The molecule has 1 unspecified atom stereocenters. The van der Waals surface area contributed by atoms with Crippen LogP contribution in [0.2, 0.25) is 0 Å².